The molecule has 0 spiro atoms. The number of rotatable bonds is 3. The summed E-state index contributed by atoms with van der Waals surface area (Å²) in [4.78, 5) is 10.6. The first-order valence-electron chi connectivity index (χ1n) is 5.09. The molecule has 0 saturated carbocycles. The van der Waals surface area contributed by atoms with Gasteiger partial charge in [-0.3, -0.25) is 4.79 Å². The van der Waals surface area contributed by atoms with Gasteiger partial charge in [-0.05, 0) is 19.1 Å². The Labute approximate surface area is 92.7 Å². The summed E-state index contributed by atoms with van der Waals surface area (Å²) >= 11 is 0. The second-order valence-electron chi connectivity index (χ2n) is 3.80. The van der Waals surface area contributed by atoms with Gasteiger partial charge in [0.05, 0.1) is 11.9 Å². The lowest BCUT2D eigenvalue weighted by Crippen LogP contribution is -2.05. The molecule has 0 aliphatic rings. The van der Waals surface area contributed by atoms with Crippen LogP contribution in [0.2, 0.25) is 0 Å². The molecule has 0 bridgehead atoms. The lowest BCUT2D eigenvalue weighted by atomic mass is 10.2. The Bertz CT molecular complexity index is 542. The Balaban J connectivity index is 2.50. The van der Waals surface area contributed by atoms with Crippen molar-refractivity contribution in [2.75, 3.05) is 0 Å². The fraction of sp³-hybridized carbons (Fsp3) is 0.250. The molecule has 1 heterocycles. The Hall–Kier alpha value is -1.97. The zero-order valence-corrected chi connectivity index (χ0v) is 8.97. The highest BCUT2D eigenvalue weighted by atomic mass is 16.4. The first kappa shape index (κ1) is 10.5. The third-order valence-electron chi connectivity index (χ3n) is 2.66. The van der Waals surface area contributed by atoms with E-state index in [-0.39, 0.29) is 12.2 Å². The topological polar surface area (TPSA) is 62.5 Å². The number of phenols is 1. The number of phenolic OH excluding ortho intramolecular Hbond substituents is 1. The van der Waals surface area contributed by atoms with Crippen LogP contribution in [-0.4, -0.2) is 20.7 Å². The van der Waals surface area contributed by atoms with Crippen LogP contribution in [0.15, 0.2) is 24.3 Å². The Kier molecular flexibility index (Phi) is 2.56. The van der Waals surface area contributed by atoms with E-state index in [1.54, 1.807) is 12.1 Å². The molecule has 2 N–H and O–H groups in total. The lowest BCUT2D eigenvalue weighted by molar-refractivity contribution is -0.137. The molecule has 16 heavy (non-hydrogen) atoms. The fourth-order valence-electron chi connectivity index (χ4n) is 1.93. The molecule has 1 aromatic carbocycles. The maximum Gasteiger partial charge on any atom is 0.305 e. The summed E-state index contributed by atoms with van der Waals surface area (Å²) in [6, 6.07) is 7.23. The number of carboxylic acids is 1. The highest BCUT2D eigenvalue weighted by Gasteiger charge is 2.10. The smallest absolute Gasteiger partial charge is 0.305 e. The maximum atomic E-state index is 10.6. The second kappa shape index (κ2) is 3.89. The number of hydrogen-bond donors (Lipinski definition) is 2. The van der Waals surface area contributed by atoms with Crippen molar-refractivity contribution >= 4 is 16.9 Å². The second-order valence-corrected chi connectivity index (χ2v) is 3.80. The quantitative estimate of drug-likeness (QED) is 0.831. The molecule has 0 radical (unpaired) electrons. The molecule has 0 saturated heterocycles. The van der Waals surface area contributed by atoms with Crippen LogP contribution in [0.1, 0.15) is 12.1 Å². The van der Waals surface area contributed by atoms with E-state index in [2.05, 4.69) is 0 Å². The minimum absolute atomic E-state index is 0.0545. The number of hydrogen-bond acceptors (Lipinski definition) is 2. The first-order valence-corrected chi connectivity index (χ1v) is 5.09. The Morgan fingerprint density at radius 1 is 1.44 bits per heavy atom. The number of fused-ring (bicyclic) bond motifs is 1. The van der Waals surface area contributed by atoms with Gasteiger partial charge >= 0.3 is 5.97 Å². The number of carboxylic acid groups (broad SMARTS) is 1. The highest BCUT2D eigenvalue weighted by molar-refractivity contribution is 5.86. The van der Waals surface area contributed by atoms with E-state index in [9.17, 15) is 9.90 Å². The van der Waals surface area contributed by atoms with Crippen LogP contribution in [0.4, 0.5) is 0 Å². The van der Waals surface area contributed by atoms with Gasteiger partial charge in [0.25, 0.3) is 0 Å². The Morgan fingerprint density at radius 2 is 2.19 bits per heavy atom. The monoisotopic (exact) mass is 219 g/mol. The van der Waals surface area contributed by atoms with E-state index in [1.165, 1.54) is 0 Å². The average molecular weight is 219 g/mol. The number of nitrogens with zero attached hydrogens (tertiary/aromatic N) is 1. The zero-order chi connectivity index (χ0) is 11.7. The van der Waals surface area contributed by atoms with Gasteiger partial charge in [-0.25, -0.2) is 0 Å². The average Bonchev–Trinajstić information content (AvgIpc) is 2.52. The molecular weight excluding hydrogens is 206 g/mol. The van der Waals surface area contributed by atoms with Crippen molar-refractivity contribution in [2.24, 2.45) is 0 Å². The van der Waals surface area contributed by atoms with Crippen LogP contribution in [-0.2, 0) is 11.3 Å². The third-order valence-corrected chi connectivity index (χ3v) is 2.66. The molecule has 0 aliphatic heterocycles. The van der Waals surface area contributed by atoms with Crippen molar-refractivity contribution in [3.05, 3.63) is 30.0 Å². The van der Waals surface area contributed by atoms with Gasteiger partial charge in [-0.1, -0.05) is 12.1 Å². The largest absolute Gasteiger partial charge is 0.506 e. The van der Waals surface area contributed by atoms with E-state index in [0.717, 1.165) is 11.1 Å². The van der Waals surface area contributed by atoms with Gasteiger partial charge in [-0.2, -0.15) is 0 Å². The van der Waals surface area contributed by atoms with Crippen LogP contribution in [0.5, 0.6) is 5.75 Å². The van der Waals surface area contributed by atoms with Crippen LogP contribution in [0.25, 0.3) is 10.9 Å². The van der Waals surface area contributed by atoms with Crippen LogP contribution in [0.3, 0.4) is 0 Å². The van der Waals surface area contributed by atoms with Crippen LogP contribution < -0.4 is 0 Å². The number of carbonyl (C=O) groups is 1. The SMILES string of the molecule is Cc1cc2cccc(O)c2n1CCC(=O)O. The minimum Gasteiger partial charge on any atom is -0.506 e. The molecule has 0 unspecified atom stereocenters. The normalized spacial score (nSPS) is 10.8. The summed E-state index contributed by atoms with van der Waals surface area (Å²) in [6.45, 7) is 2.28. The van der Waals surface area contributed by atoms with Crippen molar-refractivity contribution in [1.29, 1.82) is 0 Å². The molecule has 0 atom stereocenters. The van der Waals surface area contributed by atoms with Gasteiger partial charge < -0.3 is 14.8 Å². The summed E-state index contributed by atoms with van der Waals surface area (Å²) in [5.41, 5.74) is 1.67. The van der Waals surface area contributed by atoms with Crippen molar-refractivity contribution < 1.29 is 15.0 Å². The lowest BCUT2D eigenvalue weighted by Gasteiger charge is -2.07. The maximum absolute atomic E-state index is 10.6. The van der Waals surface area contributed by atoms with E-state index in [4.69, 9.17) is 5.11 Å². The summed E-state index contributed by atoms with van der Waals surface area (Å²) in [5, 5.41) is 19.4. The summed E-state index contributed by atoms with van der Waals surface area (Å²) in [7, 11) is 0. The van der Waals surface area contributed by atoms with Gasteiger partial charge in [-0.15, -0.1) is 0 Å². The third kappa shape index (κ3) is 1.74. The molecule has 2 rings (SSSR count). The van der Waals surface area contributed by atoms with Crippen molar-refractivity contribution in [3.8, 4) is 5.75 Å². The fourth-order valence-corrected chi connectivity index (χ4v) is 1.93. The van der Waals surface area contributed by atoms with E-state index < -0.39 is 5.97 Å². The number of aromatic hydroxyl groups is 1. The summed E-state index contributed by atoms with van der Waals surface area (Å²) in [6.07, 6.45) is 0.0545. The molecule has 2 aromatic rings. The Morgan fingerprint density at radius 3 is 2.88 bits per heavy atom. The van der Waals surface area contributed by atoms with Crippen molar-refractivity contribution in [3.63, 3.8) is 0 Å². The van der Waals surface area contributed by atoms with Gasteiger partial charge in [0, 0.05) is 17.6 Å². The van der Waals surface area contributed by atoms with Crippen molar-refractivity contribution in [2.45, 2.75) is 19.9 Å². The van der Waals surface area contributed by atoms with Crippen molar-refractivity contribution in [1.82, 2.24) is 4.57 Å². The van der Waals surface area contributed by atoms with Gasteiger partial charge in [0.1, 0.15) is 5.75 Å². The predicted molar refractivity (Wildman–Crippen MR) is 60.6 cm³/mol. The molecule has 0 aliphatic carbocycles. The number of benzene rings is 1. The molecule has 0 amide bonds. The summed E-state index contributed by atoms with van der Waals surface area (Å²) in [5.74, 6) is -0.646. The van der Waals surface area contributed by atoms with E-state index in [0.29, 0.717) is 12.1 Å². The van der Waals surface area contributed by atoms with E-state index in [1.807, 2.05) is 23.6 Å². The highest BCUT2D eigenvalue weighted by Crippen LogP contribution is 2.27. The molecule has 4 heteroatoms. The molecule has 0 fully saturated rings. The molecule has 84 valence electrons. The molecule has 1 aromatic heterocycles. The zero-order valence-electron chi connectivity index (χ0n) is 8.97. The predicted octanol–water partition coefficient (Wildman–Crippen LogP) is 2.13. The first-order chi connectivity index (χ1) is 7.59. The molecular formula is C12H13NO3. The standard InChI is InChI=1S/C12H13NO3/c1-8-7-9-3-2-4-10(14)12(9)13(8)6-5-11(15)16/h2-4,7,14H,5-6H2,1H3,(H,15,16). The summed E-state index contributed by atoms with van der Waals surface area (Å²) < 4.78 is 1.83. The minimum atomic E-state index is -0.836. The van der Waals surface area contributed by atoms with Gasteiger partial charge in [0.15, 0.2) is 0 Å². The number of aromatic nitrogens is 1. The van der Waals surface area contributed by atoms with Crippen LogP contribution >= 0.6 is 0 Å². The van der Waals surface area contributed by atoms with Crippen LogP contribution in [0, 0.1) is 6.92 Å². The van der Waals surface area contributed by atoms with E-state index >= 15 is 0 Å². The van der Waals surface area contributed by atoms with Gasteiger partial charge in [0.2, 0.25) is 0 Å². The molecule has 4 nitrogen and oxygen atoms in total. The number of aryl methyl sites for hydroxylation is 2. The number of para-hydroxylation sites is 1. The number of aliphatic carboxylic acids is 1.